The molecule has 3 aromatic rings. The summed E-state index contributed by atoms with van der Waals surface area (Å²) in [5, 5.41) is 67.8. The molecule has 0 saturated heterocycles. The van der Waals surface area contributed by atoms with Gasteiger partial charge in [0.1, 0.15) is 5.75 Å². The summed E-state index contributed by atoms with van der Waals surface area (Å²) in [6.45, 7) is 0. The van der Waals surface area contributed by atoms with Crippen LogP contribution in [0.2, 0.25) is 0 Å². The topological polar surface area (TPSA) is 142 Å². The Morgan fingerprint density at radius 2 is 1.10 bits per heavy atom. The predicted molar refractivity (Wildman–Crippen MR) is 73.1 cm³/mol. The van der Waals surface area contributed by atoms with Crippen molar-refractivity contribution in [3.63, 3.8) is 0 Å². The van der Waals surface area contributed by atoms with Gasteiger partial charge in [-0.15, -0.1) is 0 Å². The Morgan fingerprint density at radius 3 is 1.76 bits per heavy atom. The number of benzene rings is 3. The minimum Gasteiger partial charge on any atom is -0.507 e. The number of hydrogen-bond donors (Lipinski definition) is 7. The van der Waals surface area contributed by atoms with Crippen molar-refractivity contribution < 1.29 is 35.7 Å². The highest BCUT2D eigenvalue weighted by atomic mass is 16.3. The van der Waals surface area contributed by atoms with Crippen molar-refractivity contribution in [3.05, 3.63) is 18.2 Å². The largest absolute Gasteiger partial charge is 0.507 e. The van der Waals surface area contributed by atoms with E-state index in [1.54, 1.807) is 0 Å². The fraction of sp³-hybridized carbons (Fsp3) is 0. The SMILES string of the molecule is Oc1ccc2c(O)c3c(O)c(O)c(O)c(O)c3cc2c1O. The highest BCUT2D eigenvalue weighted by Gasteiger charge is 2.23. The molecule has 0 spiro atoms. The molecular formula is C14H10O7. The molecule has 7 heteroatoms. The zero-order chi connectivity index (χ0) is 15.5. The van der Waals surface area contributed by atoms with Crippen LogP contribution in [0.5, 0.6) is 40.2 Å². The van der Waals surface area contributed by atoms with E-state index in [1.807, 2.05) is 0 Å². The molecule has 0 aliphatic heterocycles. The highest BCUT2D eigenvalue weighted by Crippen LogP contribution is 2.53. The number of aromatic hydroxyl groups is 7. The summed E-state index contributed by atoms with van der Waals surface area (Å²) in [4.78, 5) is 0. The summed E-state index contributed by atoms with van der Waals surface area (Å²) < 4.78 is 0. The van der Waals surface area contributed by atoms with Crippen LogP contribution >= 0.6 is 0 Å². The van der Waals surface area contributed by atoms with Crippen molar-refractivity contribution in [2.24, 2.45) is 0 Å². The number of fused-ring (bicyclic) bond motifs is 2. The normalized spacial score (nSPS) is 11.2. The van der Waals surface area contributed by atoms with Crippen molar-refractivity contribution in [2.75, 3.05) is 0 Å². The maximum absolute atomic E-state index is 10.2. The molecule has 0 bridgehead atoms. The molecule has 0 fully saturated rings. The van der Waals surface area contributed by atoms with Gasteiger partial charge in [-0.25, -0.2) is 0 Å². The molecule has 0 aliphatic carbocycles. The first-order chi connectivity index (χ1) is 9.84. The number of hydrogen-bond acceptors (Lipinski definition) is 7. The van der Waals surface area contributed by atoms with Gasteiger partial charge in [-0.2, -0.15) is 0 Å². The summed E-state index contributed by atoms with van der Waals surface area (Å²) in [5.41, 5.74) is 0. The maximum atomic E-state index is 10.2. The Bertz CT molecular complexity index is 915. The lowest BCUT2D eigenvalue weighted by atomic mass is 9.99. The second kappa shape index (κ2) is 3.89. The molecule has 0 atom stereocenters. The van der Waals surface area contributed by atoms with E-state index in [-0.39, 0.29) is 21.5 Å². The molecule has 3 rings (SSSR count). The first-order valence-corrected chi connectivity index (χ1v) is 5.80. The molecule has 0 saturated carbocycles. The van der Waals surface area contributed by atoms with E-state index in [1.165, 1.54) is 6.07 Å². The highest BCUT2D eigenvalue weighted by molar-refractivity contribution is 6.13. The molecule has 0 radical (unpaired) electrons. The van der Waals surface area contributed by atoms with E-state index in [0.29, 0.717) is 0 Å². The molecule has 7 N–H and O–H groups in total. The van der Waals surface area contributed by atoms with Crippen LogP contribution in [0.1, 0.15) is 0 Å². The zero-order valence-electron chi connectivity index (χ0n) is 10.4. The van der Waals surface area contributed by atoms with Gasteiger partial charge in [-0.3, -0.25) is 0 Å². The Hall–Kier alpha value is -3.22. The lowest BCUT2D eigenvalue weighted by Crippen LogP contribution is -1.84. The molecule has 0 amide bonds. The van der Waals surface area contributed by atoms with E-state index < -0.39 is 40.2 Å². The van der Waals surface area contributed by atoms with Gasteiger partial charge in [-0.1, -0.05) is 0 Å². The lowest BCUT2D eigenvalue weighted by molar-refractivity contribution is 0.350. The van der Waals surface area contributed by atoms with Crippen LogP contribution in [0.15, 0.2) is 18.2 Å². The molecule has 0 aliphatic rings. The van der Waals surface area contributed by atoms with Crippen LogP contribution in [0, 0.1) is 0 Å². The number of phenolic OH excluding ortho intramolecular Hbond substituents is 7. The summed E-state index contributed by atoms with van der Waals surface area (Å²) in [6.07, 6.45) is 0. The van der Waals surface area contributed by atoms with Crippen molar-refractivity contribution in [1.82, 2.24) is 0 Å². The molecule has 0 heterocycles. The first kappa shape index (κ1) is 12.8. The second-order valence-corrected chi connectivity index (χ2v) is 4.57. The molecule has 21 heavy (non-hydrogen) atoms. The third kappa shape index (κ3) is 1.48. The molecule has 7 nitrogen and oxygen atoms in total. The maximum Gasteiger partial charge on any atom is 0.205 e. The summed E-state index contributed by atoms with van der Waals surface area (Å²) >= 11 is 0. The molecule has 108 valence electrons. The van der Waals surface area contributed by atoms with Gasteiger partial charge in [0, 0.05) is 16.2 Å². The minimum absolute atomic E-state index is 0.000195. The van der Waals surface area contributed by atoms with Crippen molar-refractivity contribution >= 4 is 21.5 Å². The van der Waals surface area contributed by atoms with Crippen LogP contribution in [0.3, 0.4) is 0 Å². The van der Waals surface area contributed by atoms with Gasteiger partial charge in [0.05, 0.1) is 5.39 Å². The number of rotatable bonds is 0. The Kier molecular flexibility index (Phi) is 2.37. The molecule has 0 aromatic heterocycles. The second-order valence-electron chi connectivity index (χ2n) is 4.57. The first-order valence-electron chi connectivity index (χ1n) is 5.80. The molecule has 3 aromatic carbocycles. The van der Waals surface area contributed by atoms with Gasteiger partial charge in [0.2, 0.25) is 11.5 Å². The standard InChI is InChI=1S/C14H10O7/c15-7-2-1-4-5(9(7)16)3-6-8(10(4)17)12(19)14(21)13(20)11(6)18/h1-3,15-21H. The van der Waals surface area contributed by atoms with E-state index in [0.717, 1.165) is 12.1 Å². The fourth-order valence-corrected chi connectivity index (χ4v) is 2.32. The van der Waals surface area contributed by atoms with Crippen LogP contribution < -0.4 is 0 Å². The van der Waals surface area contributed by atoms with Crippen LogP contribution in [0.25, 0.3) is 21.5 Å². The molecular weight excluding hydrogens is 280 g/mol. The monoisotopic (exact) mass is 290 g/mol. The Balaban J connectivity index is 2.67. The molecule has 0 unspecified atom stereocenters. The van der Waals surface area contributed by atoms with Crippen molar-refractivity contribution in [1.29, 1.82) is 0 Å². The van der Waals surface area contributed by atoms with Gasteiger partial charge in [-0.05, 0) is 18.2 Å². The van der Waals surface area contributed by atoms with Crippen LogP contribution in [-0.2, 0) is 0 Å². The summed E-state index contributed by atoms with van der Waals surface area (Å²) in [6, 6.07) is 3.59. The van der Waals surface area contributed by atoms with Crippen molar-refractivity contribution in [3.8, 4) is 40.2 Å². The van der Waals surface area contributed by atoms with Crippen LogP contribution in [0.4, 0.5) is 0 Å². The van der Waals surface area contributed by atoms with E-state index in [4.69, 9.17) is 0 Å². The summed E-state index contributed by atoms with van der Waals surface area (Å²) in [7, 11) is 0. The van der Waals surface area contributed by atoms with Gasteiger partial charge in [0.15, 0.2) is 23.0 Å². The average molecular weight is 290 g/mol. The Labute approximate surface area is 116 Å². The van der Waals surface area contributed by atoms with E-state index in [2.05, 4.69) is 0 Å². The smallest absolute Gasteiger partial charge is 0.205 e. The average Bonchev–Trinajstić information content (AvgIpc) is 2.46. The quantitative estimate of drug-likeness (QED) is 0.190. The predicted octanol–water partition coefficient (Wildman–Crippen LogP) is 1.93. The van der Waals surface area contributed by atoms with Crippen molar-refractivity contribution in [2.45, 2.75) is 0 Å². The minimum atomic E-state index is -0.974. The fourth-order valence-electron chi connectivity index (χ4n) is 2.32. The lowest BCUT2D eigenvalue weighted by Gasteiger charge is -2.13. The third-order valence-corrected chi connectivity index (χ3v) is 3.41. The van der Waals surface area contributed by atoms with Gasteiger partial charge in [0.25, 0.3) is 0 Å². The number of phenols is 7. The van der Waals surface area contributed by atoms with E-state index in [9.17, 15) is 35.7 Å². The zero-order valence-corrected chi connectivity index (χ0v) is 10.4. The van der Waals surface area contributed by atoms with E-state index >= 15 is 0 Å². The van der Waals surface area contributed by atoms with Gasteiger partial charge >= 0.3 is 0 Å². The Morgan fingerprint density at radius 1 is 0.476 bits per heavy atom. The summed E-state index contributed by atoms with van der Waals surface area (Å²) in [5.74, 6) is -5.02. The van der Waals surface area contributed by atoms with Crippen LogP contribution in [-0.4, -0.2) is 35.7 Å². The third-order valence-electron chi connectivity index (χ3n) is 3.41. The van der Waals surface area contributed by atoms with Gasteiger partial charge < -0.3 is 35.7 Å².